The standard InChI is InChI=1S/C23H40NO7P/c1-20-22-21(18-28-23(22)25)19-30-32(27,31-20)29-17-15-13-11-9-7-5-3-2-4-6-8-10-12-14-16-24-26/h21H,2-19H2,1H3. The van der Waals surface area contributed by atoms with Crippen molar-refractivity contribution in [3.63, 3.8) is 0 Å². The fraction of sp³-hybridized carbons (Fsp3) is 0.870. The van der Waals surface area contributed by atoms with Gasteiger partial charge in [-0.05, 0) is 19.8 Å². The largest absolute Gasteiger partial charge is 0.529 e. The minimum Gasteiger partial charge on any atom is -0.461 e. The van der Waals surface area contributed by atoms with Gasteiger partial charge >= 0.3 is 13.8 Å². The van der Waals surface area contributed by atoms with Crippen molar-refractivity contribution in [3.05, 3.63) is 16.2 Å². The fourth-order valence-electron chi connectivity index (χ4n) is 4.13. The average Bonchev–Trinajstić information content (AvgIpc) is 3.09. The van der Waals surface area contributed by atoms with Gasteiger partial charge in [0, 0.05) is 0 Å². The smallest absolute Gasteiger partial charge is 0.461 e. The third-order valence-corrected chi connectivity index (χ3v) is 7.46. The predicted molar refractivity (Wildman–Crippen MR) is 123 cm³/mol. The molecule has 184 valence electrons. The highest BCUT2D eigenvalue weighted by atomic mass is 31.2. The number of carbonyl (C=O) groups is 1. The summed E-state index contributed by atoms with van der Waals surface area (Å²) < 4.78 is 33.9. The van der Waals surface area contributed by atoms with E-state index in [9.17, 15) is 14.3 Å². The quantitative estimate of drug-likeness (QED) is 0.0930. The fourth-order valence-corrected chi connectivity index (χ4v) is 5.46. The van der Waals surface area contributed by atoms with Crippen molar-refractivity contribution in [1.82, 2.24) is 0 Å². The summed E-state index contributed by atoms with van der Waals surface area (Å²) in [6.45, 7) is 2.73. The number of esters is 1. The summed E-state index contributed by atoms with van der Waals surface area (Å²) in [7, 11) is -3.67. The number of rotatable bonds is 18. The number of cyclic esters (lactones) is 1. The molecule has 2 heterocycles. The zero-order valence-corrected chi connectivity index (χ0v) is 20.5. The van der Waals surface area contributed by atoms with Crippen LogP contribution in [0.4, 0.5) is 0 Å². The van der Waals surface area contributed by atoms with Crippen molar-refractivity contribution in [2.75, 3.05) is 26.4 Å². The van der Waals surface area contributed by atoms with Gasteiger partial charge in [0.2, 0.25) is 0 Å². The van der Waals surface area contributed by atoms with Gasteiger partial charge in [-0.15, -0.1) is 0 Å². The Morgan fingerprint density at radius 3 is 1.97 bits per heavy atom. The Bertz CT molecular complexity index is 652. The van der Waals surface area contributed by atoms with Crippen LogP contribution < -0.4 is 0 Å². The number of nitroso groups, excluding NO2 is 1. The predicted octanol–water partition coefficient (Wildman–Crippen LogP) is 6.83. The maximum absolute atomic E-state index is 12.7. The number of hydrogen-bond donors (Lipinski definition) is 0. The van der Waals surface area contributed by atoms with Crippen LogP contribution in [0.25, 0.3) is 0 Å². The molecule has 32 heavy (non-hydrogen) atoms. The molecule has 0 spiro atoms. The summed E-state index contributed by atoms with van der Waals surface area (Å²) >= 11 is 0. The van der Waals surface area contributed by atoms with Crippen LogP contribution in [0.15, 0.2) is 16.5 Å². The lowest BCUT2D eigenvalue weighted by molar-refractivity contribution is -0.135. The highest BCUT2D eigenvalue weighted by molar-refractivity contribution is 7.48. The van der Waals surface area contributed by atoms with Gasteiger partial charge in [0.25, 0.3) is 0 Å². The Hall–Kier alpha value is -1.24. The van der Waals surface area contributed by atoms with Gasteiger partial charge in [0.1, 0.15) is 12.4 Å². The third kappa shape index (κ3) is 10.1. The number of phosphoric ester groups is 1. The normalized spacial score (nSPS) is 22.9. The van der Waals surface area contributed by atoms with E-state index in [1.54, 1.807) is 6.92 Å². The Morgan fingerprint density at radius 2 is 1.41 bits per heavy atom. The van der Waals surface area contributed by atoms with Gasteiger partial charge in [-0.25, -0.2) is 9.36 Å². The molecule has 0 aromatic rings. The van der Waals surface area contributed by atoms with Crippen LogP contribution in [0.5, 0.6) is 0 Å². The first-order chi connectivity index (χ1) is 15.6. The number of nitrogens with zero attached hydrogens (tertiary/aromatic N) is 1. The topological polar surface area (TPSA) is 100 Å². The Kier molecular flexibility index (Phi) is 13.1. The molecule has 2 aliphatic rings. The van der Waals surface area contributed by atoms with E-state index >= 15 is 0 Å². The maximum Gasteiger partial charge on any atom is 0.529 e. The first kappa shape index (κ1) is 27.0. The summed E-state index contributed by atoms with van der Waals surface area (Å²) in [5, 5.41) is 2.89. The van der Waals surface area contributed by atoms with E-state index < -0.39 is 13.8 Å². The van der Waals surface area contributed by atoms with Crippen LogP contribution in [0.3, 0.4) is 0 Å². The van der Waals surface area contributed by atoms with Gasteiger partial charge in [-0.3, -0.25) is 9.05 Å². The molecule has 0 aromatic heterocycles. The molecule has 2 atom stereocenters. The van der Waals surface area contributed by atoms with Crippen molar-refractivity contribution < 1.29 is 27.7 Å². The molecule has 8 nitrogen and oxygen atoms in total. The second kappa shape index (κ2) is 15.6. The number of ether oxygens (including phenoxy) is 1. The molecule has 0 radical (unpaired) electrons. The molecule has 9 heteroatoms. The summed E-state index contributed by atoms with van der Waals surface area (Å²) in [6, 6.07) is 0. The molecular formula is C23H40NO7P. The van der Waals surface area contributed by atoms with Gasteiger partial charge in [-0.2, -0.15) is 4.91 Å². The monoisotopic (exact) mass is 473 g/mol. The van der Waals surface area contributed by atoms with E-state index in [2.05, 4.69) is 5.18 Å². The third-order valence-electron chi connectivity index (χ3n) is 6.00. The lowest BCUT2D eigenvalue weighted by Gasteiger charge is -2.17. The molecule has 0 amide bonds. The van der Waals surface area contributed by atoms with E-state index in [0.29, 0.717) is 18.7 Å². The van der Waals surface area contributed by atoms with E-state index in [1.165, 1.54) is 57.8 Å². The Labute approximate surface area is 192 Å². The van der Waals surface area contributed by atoms with E-state index in [0.717, 1.165) is 32.1 Å². The molecule has 1 fully saturated rings. The van der Waals surface area contributed by atoms with Crippen molar-refractivity contribution >= 4 is 13.8 Å². The van der Waals surface area contributed by atoms with Crippen LogP contribution in [0, 0.1) is 10.8 Å². The Morgan fingerprint density at radius 1 is 0.875 bits per heavy atom. The van der Waals surface area contributed by atoms with Crippen molar-refractivity contribution in [2.45, 2.75) is 96.8 Å². The lowest BCUT2D eigenvalue weighted by atomic mass is 10.0. The van der Waals surface area contributed by atoms with Crippen LogP contribution >= 0.6 is 7.82 Å². The number of unbranched alkanes of at least 4 members (excludes halogenated alkanes) is 13. The van der Waals surface area contributed by atoms with Gasteiger partial charge < -0.3 is 9.26 Å². The average molecular weight is 474 g/mol. The summed E-state index contributed by atoms with van der Waals surface area (Å²) in [5.74, 6) is -0.380. The molecule has 2 rings (SSSR count). The summed E-state index contributed by atoms with van der Waals surface area (Å²) in [5.41, 5.74) is 0.412. The highest BCUT2D eigenvalue weighted by Gasteiger charge is 2.42. The summed E-state index contributed by atoms with van der Waals surface area (Å²) in [6.07, 6.45) is 16.5. The minimum absolute atomic E-state index is 0.106. The number of carbonyl (C=O) groups excluding carboxylic acids is 1. The van der Waals surface area contributed by atoms with Crippen LogP contribution in [0.2, 0.25) is 0 Å². The van der Waals surface area contributed by atoms with Crippen LogP contribution in [-0.4, -0.2) is 32.3 Å². The van der Waals surface area contributed by atoms with Gasteiger partial charge in [-0.1, -0.05) is 82.2 Å². The molecule has 0 saturated carbocycles. The molecule has 0 N–H and O–H groups in total. The molecule has 0 bridgehead atoms. The molecule has 2 unspecified atom stereocenters. The SMILES string of the molecule is CC1=C2C(=O)OCC2COP(=O)(OCCCCCCCCCCCCCCCCN=O)O1. The molecule has 0 aliphatic carbocycles. The summed E-state index contributed by atoms with van der Waals surface area (Å²) in [4.78, 5) is 21.7. The second-order valence-electron chi connectivity index (χ2n) is 8.74. The zero-order chi connectivity index (χ0) is 23.1. The minimum atomic E-state index is -3.67. The number of allylic oxidation sites excluding steroid dienone is 1. The first-order valence-corrected chi connectivity index (χ1v) is 13.8. The second-order valence-corrected chi connectivity index (χ2v) is 10.3. The van der Waals surface area contributed by atoms with Crippen molar-refractivity contribution in [2.24, 2.45) is 11.1 Å². The maximum atomic E-state index is 12.7. The van der Waals surface area contributed by atoms with Gasteiger partial charge in [0.05, 0.1) is 31.2 Å². The lowest BCUT2D eigenvalue weighted by Crippen LogP contribution is -2.10. The number of fused-ring (bicyclic) bond motifs is 1. The highest BCUT2D eigenvalue weighted by Crippen LogP contribution is 2.54. The molecule has 2 aliphatic heterocycles. The van der Waals surface area contributed by atoms with Crippen molar-refractivity contribution in [3.8, 4) is 0 Å². The molecular weight excluding hydrogens is 433 g/mol. The molecule has 0 aromatic carbocycles. The van der Waals surface area contributed by atoms with Gasteiger partial charge in [0.15, 0.2) is 0 Å². The van der Waals surface area contributed by atoms with E-state index in [-0.39, 0.29) is 24.9 Å². The number of hydrogen-bond acceptors (Lipinski definition) is 8. The van der Waals surface area contributed by atoms with E-state index in [4.69, 9.17) is 18.3 Å². The van der Waals surface area contributed by atoms with Crippen LogP contribution in [-0.2, 0) is 27.7 Å². The first-order valence-electron chi connectivity index (χ1n) is 12.3. The Balaban J connectivity index is 1.40. The zero-order valence-electron chi connectivity index (χ0n) is 19.6. The number of phosphoric acid groups is 1. The van der Waals surface area contributed by atoms with Crippen molar-refractivity contribution in [1.29, 1.82) is 0 Å². The van der Waals surface area contributed by atoms with Crippen LogP contribution in [0.1, 0.15) is 96.8 Å². The van der Waals surface area contributed by atoms with E-state index in [1.807, 2.05) is 0 Å². The molecule has 1 saturated heterocycles.